The molecule has 2 aromatic carbocycles. The summed E-state index contributed by atoms with van der Waals surface area (Å²) in [5.41, 5.74) is 3.32. The minimum atomic E-state index is 0.181. The molecule has 0 N–H and O–H groups in total. The largest absolute Gasteiger partial charge is 0.339 e. The number of rotatable bonds is 5. The molecule has 25 heavy (non-hydrogen) atoms. The Bertz CT molecular complexity index is 692. The normalized spacial score (nSPS) is 16.0. The summed E-state index contributed by atoms with van der Waals surface area (Å²) in [6.45, 7) is 4.84. The van der Waals surface area contributed by atoms with E-state index in [1.807, 2.05) is 23.1 Å². The van der Waals surface area contributed by atoms with Crippen LogP contribution in [0, 0.1) is 0 Å². The third-order valence-electron chi connectivity index (χ3n) is 5.19. The Morgan fingerprint density at radius 3 is 2.48 bits per heavy atom. The summed E-state index contributed by atoms with van der Waals surface area (Å²) in [5.74, 6) is 0.181. The molecule has 3 nitrogen and oxygen atoms in total. The van der Waals surface area contributed by atoms with E-state index in [-0.39, 0.29) is 5.91 Å². The van der Waals surface area contributed by atoms with E-state index in [1.54, 1.807) is 0 Å². The molecule has 0 aliphatic carbocycles. The molecule has 0 spiro atoms. The van der Waals surface area contributed by atoms with Crippen LogP contribution in [-0.4, -0.2) is 35.8 Å². The summed E-state index contributed by atoms with van der Waals surface area (Å²) in [4.78, 5) is 17.0. The predicted octanol–water partition coefficient (Wildman–Crippen LogP) is 4.51. The number of hydrogen-bond acceptors (Lipinski definition) is 2. The summed E-state index contributed by atoms with van der Waals surface area (Å²) >= 11 is 0. The molecule has 1 aliphatic rings. The van der Waals surface area contributed by atoms with Crippen molar-refractivity contribution in [3.05, 3.63) is 71.3 Å². The van der Waals surface area contributed by atoms with Crippen molar-refractivity contribution in [2.75, 3.05) is 20.1 Å². The predicted molar refractivity (Wildman–Crippen MR) is 103 cm³/mol. The van der Waals surface area contributed by atoms with Gasteiger partial charge >= 0.3 is 0 Å². The van der Waals surface area contributed by atoms with Gasteiger partial charge in [0.05, 0.1) is 0 Å². The Morgan fingerprint density at radius 1 is 1.04 bits per heavy atom. The van der Waals surface area contributed by atoms with Crippen LogP contribution in [0.1, 0.15) is 53.7 Å². The molecule has 0 saturated carbocycles. The lowest BCUT2D eigenvalue weighted by Crippen LogP contribution is -2.35. The fourth-order valence-electron chi connectivity index (χ4n) is 3.49. The number of carbonyl (C=O) groups is 1. The van der Waals surface area contributed by atoms with Gasteiger partial charge in [0.1, 0.15) is 0 Å². The highest BCUT2D eigenvalue weighted by Gasteiger charge is 2.19. The zero-order valence-electron chi connectivity index (χ0n) is 15.3. The fraction of sp³-hybridized carbons (Fsp3) is 0.409. The molecule has 132 valence electrons. The molecule has 1 fully saturated rings. The van der Waals surface area contributed by atoms with Gasteiger partial charge < -0.3 is 4.90 Å². The summed E-state index contributed by atoms with van der Waals surface area (Å²) in [6, 6.07) is 19.0. The van der Waals surface area contributed by atoms with Crippen molar-refractivity contribution in [2.24, 2.45) is 0 Å². The lowest BCUT2D eigenvalue weighted by Gasteiger charge is -2.27. The number of likely N-dealkylation sites (tertiary alicyclic amines) is 1. The van der Waals surface area contributed by atoms with Crippen molar-refractivity contribution < 1.29 is 4.79 Å². The van der Waals surface area contributed by atoms with E-state index >= 15 is 0 Å². The number of nitrogens with zero attached hydrogens (tertiary/aromatic N) is 2. The van der Waals surface area contributed by atoms with Gasteiger partial charge in [-0.1, -0.05) is 42.5 Å². The van der Waals surface area contributed by atoms with Gasteiger partial charge in [-0.05, 0) is 56.5 Å². The van der Waals surface area contributed by atoms with Crippen molar-refractivity contribution in [3.8, 4) is 0 Å². The van der Waals surface area contributed by atoms with Gasteiger partial charge in [0.25, 0.3) is 5.91 Å². The fourth-order valence-corrected chi connectivity index (χ4v) is 3.49. The van der Waals surface area contributed by atoms with Crippen LogP contribution in [0.3, 0.4) is 0 Å². The van der Waals surface area contributed by atoms with E-state index < -0.39 is 0 Å². The molecule has 0 radical (unpaired) electrons. The second-order valence-corrected chi connectivity index (χ2v) is 7.06. The van der Waals surface area contributed by atoms with Crippen LogP contribution in [0.15, 0.2) is 54.6 Å². The molecule has 1 amide bonds. The topological polar surface area (TPSA) is 23.6 Å². The second kappa shape index (κ2) is 8.30. The van der Waals surface area contributed by atoms with Gasteiger partial charge in [-0.25, -0.2) is 0 Å². The minimum Gasteiger partial charge on any atom is -0.339 e. The van der Waals surface area contributed by atoms with Crippen LogP contribution in [0.25, 0.3) is 0 Å². The molecule has 0 aromatic heterocycles. The second-order valence-electron chi connectivity index (χ2n) is 7.06. The number of hydrogen-bond donors (Lipinski definition) is 0. The zero-order chi connectivity index (χ0) is 17.6. The van der Waals surface area contributed by atoms with Gasteiger partial charge in [0, 0.05) is 31.2 Å². The molecule has 1 saturated heterocycles. The van der Waals surface area contributed by atoms with Gasteiger partial charge in [0.2, 0.25) is 0 Å². The van der Waals surface area contributed by atoms with Crippen LogP contribution in [-0.2, 0) is 6.54 Å². The third kappa shape index (κ3) is 4.49. The molecule has 2 aromatic rings. The SMILES string of the molecule is CC(c1ccccc1)N(C)Cc1cccc(C(=O)N2CCCCC2)c1. The third-order valence-corrected chi connectivity index (χ3v) is 5.19. The van der Waals surface area contributed by atoms with E-state index in [1.165, 1.54) is 17.5 Å². The van der Waals surface area contributed by atoms with Gasteiger partial charge in [0.15, 0.2) is 0 Å². The summed E-state index contributed by atoms with van der Waals surface area (Å²) in [6.07, 6.45) is 3.50. The Hall–Kier alpha value is -2.13. The Labute approximate surface area is 151 Å². The highest BCUT2D eigenvalue weighted by Crippen LogP contribution is 2.21. The van der Waals surface area contributed by atoms with Crippen LogP contribution >= 0.6 is 0 Å². The molecule has 1 atom stereocenters. The first-order valence-corrected chi connectivity index (χ1v) is 9.28. The smallest absolute Gasteiger partial charge is 0.253 e. The minimum absolute atomic E-state index is 0.181. The molecule has 3 rings (SSSR count). The molecular formula is C22H28N2O. The molecule has 1 aliphatic heterocycles. The molecule has 3 heteroatoms. The van der Waals surface area contributed by atoms with Crippen molar-refractivity contribution in [1.29, 1.82) is 0 Å². The van der Waals surface area contributed by atoms with Crippen molar-refractivity contribution >= 4 is 5.91 Å². The van der Waals surface area contributed by atoms with Crippen LogP contribution < -0.4 is 0 Å². The number of benzene rings is 2. The Morgan fingerprint density at radius 2 is 1.76 bits per heavy atom. The molecule has 1 heterocycles. The van der Waals surface area contributed by atoms with Crippen molar-refractivity contribution in [2.45, 2.75) is 38.8 Å². The van der Waals surface area contributed by atoms with Crippen LogP contribution in [0.4, 0.5) is 0 Å². The summed E-state index contributed by atoms with van der Waals surface area (Å²) in [7, 11) is 2.14. The maximum atomic E-state index is 12.7. The van der Waals surface area contributed by atoms with Gasteiger partial charge in [-0.3, -0.25) is 9.69 Å². The summed E-state index contributed by atoms with van der Waals surface area (Å²) in [5, 5.41) is 0. The van der Waals surface area contributed by atoms with E-state index in [4.69, 9.17) is 0 Å². The highest BCUT2D eigenvalue weighted by molar-refractivity contribution is 5.94. The first-order valence-electron chi connectivity index (χ1n) is 9.28. The monoisotopic (exact) mass is 336 g/mol. The quantitative estimate of drug-likeness (QED) is 0.802. The van der Waals surface area contributed by atoms with Crippen molar-refractivity contribution in [3.63, 3.8) is 0 Å². The maximum Gasteiger partial charge on any atom is 0.253 e. The molecule has 1 unspecified atom stereocenters. The van der Waals surface area contributed by atoms with E-state index in [9.17, 15) is 4.79 Å². The standard InChI is InChI=1S/C22H28N2O/c1-18(20-11-5-3-6-12-20)23(2)17-19-10-9-13-21(16-19)22(25)24-14-7-4-8-15-24/h3,5-6,9-13,16,18H,4,7-8,14-15,17H2,1-2H3. The number of piperidine rings is 1. The van der Waals surface area contributed by atoms with E-state index in [0.717, 1.165) is 38.0 Å². The Balaban J connectivity index is 1.67. The Kier molecular flexibility index (Phi) is 5.87. The number of carbonyl (C=O) groups excluding carboxylic acids is 1. The first-order chi connectivity index (χ1) is 12.1. The van der Waals surface area contributed by atoms with E-state index in [0.29, 0.717) is 6.04 Å². The van der Waals surface area contributed by atoms with Gasteiger partial charge in [-0.15, -0.1) is 0 Å². The average Bonchev–Trinajstić information content (AvgIpc) is 2.68. The lowest BCUT2D eigenvalue weighted by molar-refractivity contribution is 0.0724. The first kappa shape index (κ1) is 17.7. The van der Waals surface area contributed by atoms with Gasteiger partial charge in [-0.2, -0.15) is 0 Å². The summed E-state index contributed by atoms with van der Waals surface area (Å²) < 4.78 is 0. The maximum absolute atomic E-state index is 12.7. The zero-order valence-corrected chi connectivity index (χ0v) is 15.3. The van der Waals surface area contributed by atoms with Crippen LogP contribution in [0.2, 0.25) is 0 Å². The molecule has 0 bridgehead atoms. The molecular weight excluding hydrogens is 308 g/mol. The lowest BCUT2D eigenvalue weighted by atomic mass is 10.0. The van der Waals surface area contributed by atoms with Crippen LogP contribution in [0.5, 0.6) is 0 Å². The highest BCUT2D eigenvalue weighted by atomic mass is 16.2. The average molecular weight is 336 g/mol. The van der Waals surface area contributed by atoms with E-state index in [2.05, 4.69) is 55.3 Å². The van der Waals surface area contributed by atoms with Crippen molar-refractivity contribution in [1.82, 2.24) is 9.80 Å². The number of amides is 1.